The zero-order chi connectivity index (χ0) is 14.7. The summed E-state index contributed by atoms with van der Waals surface area (Å²) < 4.78 is 0. The minimum absolute atomic E-state index is 0.104. The van der Waals surface area contributed by atoms with Crippen LogP contribution < -0.4 is 16.0 Å². The molecule has 2 rings (SSSR count). The molecule has 0 radical (unpaired) electrons. The third-order valence-corrected chi connectivity index (χ3v) is 3.73. The van der Waals surface area contributed by atoms with E-state index in [0.29, 0.717) is 18.7 Å². The van der Waals surface area contributed by atoms with Gasteiger partial charge in [-0.05, 0) is 25.5 Å². The second-order valence-electron chi connectivity index (χ2n) is 5.30. The van der Waals surface area contributed by atoms with Crippen LogP contribution in [0.25, 0.3) is 0 Å². The molecule has 5 heteroatoms. The molecule has 0 saturated carbocycles. The quantitative estimate of drug-likeness (QED) is 0.878. The first-order valence-corrected chi connectivity index (χ1v) is 6.96. The van der Waals surface area contributed by atoms with E-state index in [0.717, 1.165) is 12.1 Å². The highest BCUT2D eigenvalue weighted by Crippen LogP contribution is 2.29. The summed E-state index contributed by atoms with van der Waals surface area (Å²) in [5, 5.41) is 2.88. The van der Waals surface area contributed by atoms with Gasteiger partial charge in [-0.3, -0.25) is 9.59 Å². The number of nitrogens with two attached hydrogens (primary N) is 1. The van der Waals surface area contributed by atoms with E-state index in [1.165, 1.54) is 0 Å². The minimum atomic E-state index is -0.280. The maximum atomic E-state index is 12.1. The molecule has 1 aliphatic heterocycles. The van der Waals surface area contributed by atoms with Crippen molar-refractivity contribution in [2.75, 3.05) is 16.8 Å². The molecule has 0 spiro atoms. The predicted octanol–water partition coefficient (Wildman–Crippen LogP) is 1.74. The molecule has 5 nitrogen and oxygen atoms in total. The molecule has 1 heterocycles. The molecule has 2 atom stereocenters. The lowest BCUT2D eigenvalue weighted by molar-refractivity contribution is -0.120. The summed E-state index contributed by atoms with van der Waals surface area (Å²) in [7, 11) is 0. The van der Waals surface area contributed by atoms with Gasteiger partial charge in [0.25, 0.3) is 0 Å². The normalized spacial score (nSPS) is 17.9. The average Bonchev–Trinajstić information content (AvgIpc) is 2.84. The number of hydrogen-bond donors (Lipinski definition) is 2. The van der Waals surface area contributed by atoms with Crippen LogP contribution in [0, 0.1) is 5.92 Å². The zero-order valence-electron chi connectivity index (χ0n) is 11.9. The van der Waals surface area contributed by atoms with Crippen molar-refractivity contribution in [2.24, 2.45) is 11.7 Å². The van der Waals surface area contributed by atoms with Gasteiger partial charge in [-0.1, -0.05) is 19.1 Å². The number of carbonyl (C=O) groups is 2. The summed E-state index contributed by atoms with van der Waals surface area (Å²) in [4.78, 5) is 25.7. The molecular formula is C15H21N3O2. The first-order valence-electron chi connectivity index (χ1n) is 6.96. The second-order valence-corrected chi connectivity index (χ2v) is 5.30. The third-order valence-electron chi connectivity index (χ3n) is 3.73. The number of rotatable bonds is 4. The van der Waals surface area contributed by atoms with Crippen molar-refractivity contribution in [1.29, 1.82) is 0 Å². The van der Waals surface area contributed by atoms with Crippen LogP contribution in [0.1, 0.15) is 26.7 Å². The third kappa shape index (κ3) is 2.99. The van der Waals surface area contributed by atoms with Gasteiger partial charge in [0.05, 0.1) is 17.3 Å². The van der Waals surface area contributed by atoms with Crippen LogP contribution >= 0.6 is 0 Å². The Labute approximate surface area is 119 Å². The molecule has 3 N–H and O–H groups in total. The lowest BCUT2D eigenvalue weighted by atomic mass is 10.0. The monoisotopic (exact) mass is 275 g/mol. The topological polar surface area (TPSA) is 75.4 Å². The minimum Gasteiger partial charge on any atom is -0.327 e. The van der Waals surface area contributed by atoms with Gasteiger partial charge in [0.1, 0.15) is 0 Å². The Kier molecular flexibility index (Phi) is 4.39. The van der Waals surface area contributed by atoms with Gasteiger partial charge < -0.3 is 16.0 Å². The fraction of sp³-hybridized carbons (Fsp3) is 0.467. The Hall–Kier alpha value is -1.88. The molecule has 0 aromatic heterocycles. The van der Waals surface area contributed by atoms with Gasteiger partial charge in [-0.15, -0.1) is 0 Å². The van der Waals surface area contributed by atoms with E-state index in [1.54, 1.807) is 18.7 Å². The van der Waals surface area contributed by atoms with E-state index >= 15 is 0 Å². The van der Waals surface area contributed by atoms with Gasteiger partial charge >= 0.3 is 0 Å². The molecular weight excluding hydrogens is 254 g/mol. The zero-order valence-corrected chi connectivity index (χ0v) is 11.9. The maximum absolute atomic E-state index is 12.1. The standard InChI is InChI=1S/C15H21N3O2/c1-10(11(2)16)15(20)17-12-6-3-4-7-13(12)18-9-5-8-14(18)19/h3-4,6-7,10-11H,5,8-9,16H2,1-2H3,(H,17,20). The SMILES string of the molecule is CC(N)C(C)C(=O)Nc1ccccc1N1CCCC1=O. The predicted molar refractivity (Wildman–Crippen MR) is 79.5 cm³/mol. The number of para-hydroxylation sites is 2. The second kappa shape index (κ2) is 6.05. The van der Waals surface area contributed by atoms with Gasteiger partial charge in [0.15, 0.2) is 0 Å². The first-order chi connectivity index (χ1) is 9.50. The van der Waals surface area contributed by atoms with Crippen LogP contribution in [-0.4, -0.2) is 24.4 Å². The first kappa shape index (κ1) is 14.5. The Bertz CT molecular complexity index is 514. The smallest absolute Gasteiger partial charge is 0.228 e. The van der Waals surface area contributed by atoms with Crippen molar-refractivity contribution in [2.45, 2.75) is 32.7 Å². The van der Waals surface area contributed by atoms with Crippen molar-refractivity contribution in [3.8, 4) is 0 Å². The molecule has 0 aliphatic carbocycles. The van der Waals surface area contributed by atoms with E-state index in [-0.39, 0.29) is 23.8 Å². The van der Waals surface area contributed by atoms with Crippen LogP contribution in [0.4, 0.5) is 11.4 Å². The van der Waals surface area contributed by atoms with Crippen molar-refractivity contribution in [3.05, 3.63) is 24.3 Å². The van der Waals surface area contributed by atoms with E-state index in [9.17, 15) is 9.59 Å². The molecule has 1 aliphatic rings. The fourth-order valence-corrected chi connectivity index (χ4v) is 2.20. The molecule has 1 saturated heterocycles. The number of nitrogens with one attached hydrogen (secondary N) is 1. The molecule has 1 aromatic rings. The molecule has 2 unspecified atom stereocenters. The molecule has 20 heavy (non-hydrogen) atoms. The Morgan fingerprint density at radius 3 is 2.65 bits per heavy atom. The lowest BCUT2D eigenvalue weighted by Gasteiger charge is -2.21. The Balaban J connectivity index is 2.20. The molecule has 1 fully saturated rings. The summed E-state index contributed by atoms with van der Waals surface area (Å²) in [6.45, 7) is 4.30. The van der Waals surface area contributed by atoms with Crippen molar-refractivity contribution < 1.29 is 9.59 Å². The number of hydrogen-bond acceptors (Lipinski definition) is 3. The van der Waals surface area contributed by atoms with Crippen LogP contribution in [-0.2, 0) is 9.59 Å². The molecule has 1 aromatic carbocycles. The van der Waals surface area contributed by atoms with Gasteiger partial charge in [-0.2, -0.15) is 0 Å². The van der Waals surface area contributed by atoms with Crippen molar-refractivity contribution >= 4 is 23.2 Å². The molecule has 0 bridgehead atoms. The van der Waals surface area contributed by atoms with Crippen LogP contribution in [0.15, 0.2) is 24.3 Å². The summed E-state index contributed by atoms with van der Waals surface area (Å²) >= 11 is 0. The van der Waals surface area contributed by atoms with Gasteiger partial charge in [0.2, 0.25) is 11.8 Å². The summed E-state index contributed by atoms with van der Waals surface area (Å²) in [6.07, 6.45) is 1.43. The number of nitrogens with zero attached hydrogens (tertiary/aromatic N) is 1. The number of anilines is 2. The van der Waals surface area contributed by atoms with Crippen LogP contribution in [0.5, 0.6) is 0 Å². The highest BCUT2D eigenvalue weighted by molar-refractivity contribution is 6.02. The fourth-order valence-electron chi connectivity index (χ4n) is 2.20. The number of benzene rings is 1. The molecule has 108 valence electrons. The molecule has 2 amide bonds. The number of amides is 2. The van der Waals surface area contributed by atoms with Crippen molar-refractivity contribution in [3.63, 3.8) is 0 Å². The summed E-state index contributed by atoms with van der Waals surface area (Å²) in [5.74, 6) is -0.302. The largest absolute Gasteiger partial charge is 0.327 e. The highest BCUT2D eigenvalue weighted by Gasteiger charge is 2.25. The van der Waals surface area contributed by atoms with Crippen LogP contribution in [0.2, 0.25) is 0 Å². The van der Waals surface area contributed by atoms with Gasteiger partial charge in [-0.25, -0.2) is 0 Å². The van der Waals surface area contributed by atoms with Crippen LogP contribution in [0.3, 0.4) is 0 Å². The van der Waals surface area contributed by atoms with Crippen molar-refractivity contribution in [1.82, 2.24) is 0 Å². The average molecular weight is 275 g/mol. The van der Waals surface area contributed by atoms with E-state index in [1.807, 2.05) is 24.3 Å². The summed E-state index contributed by atoms with van der Waals surface area (Å²) in [5.41, 5.74) is 7.18. The van der Waals surface area contributed by atoms with E-state index in [2.05, 4.69) is 5.32 Å². The highest BCUT2D eigenvalue weighted by atomic mass is 16.2. The Morgan fingerprint density at radius 1 is 1.35 bits per heavy atom. The number of carbonyl (C=O) groups excluding carboxylic acids is 2. The van der Waals surface area contributed by atoms with Gasteiger partial charge in [0, 0.05) is 19.0 Å². The lowest BCUT2D eigenvalue weighted by Crippen LogP contribution is -2.35. The summed E-state index contributed by atoms with van der Waals surface area (Å²) in [6, 6.07) is 7.17. The van der Waals surface area contributed by atoms with E-state index in [4.69, 9.17) is 5.73 Å². The van der Waals surface area contributed by atoms with E-state index < -0.39 is 0 Å². The maximum Gasteiger partial charge on any atom is 0.228 e. The Morgan fingerprint density at radius 2 is 2.05 bits per heavy atom.